The molecule has 2 rings (SSSR count). The van der Waals surface area contributed by atoms with Gasteiger partial charge in [-0.25, -0.2) is 0 Å². The van der Waals surface area contributed by atoms with Crippen LogP contribution in [-0.2, 0) is 16.0 Å². The summed E-state index contributed by atoms with van der Waals surface area (Å²) in [5.41, 5.74) is 1.17. The highest BCUT2D eigenvalue weighted by Crippen LogP contribution is 2.11. The molecule has 6 heteroatoms. The van der Waals surface area contributed by atoms with Gasteiger partial charge >= 0.3 is 0 Å². The monoisotopic (exact) mass is 332 g/mol. The van der Waals surface area contributed by atoms with Gasteiger partial charge < -0.3 is 10.6 Å². The maximum atomic E-state index is 12.2. The third-order valence-corrected chi connectivity index (χ3v) is 4.11. The molecule has 0 aliphatic carbocycles. The fourth-order valence-electron chi connectivity index (χ4n) is 2.99. The van der Waals surface area contributed by atoms with Crippen LogP contribution >= 0.6 is 0 Å². The van der Waals surface area contributed by atoms with E-state index in [9.17, 15) is 9.59 Å². The molecule has 0 aromatic carbocycles. The van der Waals surface area contributed by atoms with Crippen LogP contribution in [0.3, 0.4) is 0 Å². The number of aromatic nitrogens is 1. The van der Waals surface area contributed by atoms with Crippen molar-refractivity contribution in [3.63, 3.8) is 0 Å². The molecule has 2 N–H and O–H groups in total. The molecule has 2 amide bonds. The van der Waals surface area contributed by atoms with Gasteiger partial charge in [0.15, 0.2) is 0 Å². The quantitative estimate of drug-likeness (QED) is 0.696. The topological polar surface area (TPSA) is 74.3 Å². The van der Waals surface area contributed by atoms with Gasteiger partial charge in [-0.3, -0.25) is 19.5 Å². The van der Waals surface area contributed by atoms with Gasteiger partial charge in [-0.05, 0) is 30.4 Å². The summed E-state index contributed by atoms with van der Waals surface area (Å²) in [4.78, 5) is 30.5. The van der Waals surface area contributed by atoms with E-state index in [-0.39, 0.29) is 24.3 Å². The van der Waals surface area contributed by atoms with E-state index in [0.29, 0.717) is 19.0 Å². The van der Waals surface area contributed by atoms with Crippen molar-refractivity contribution in [2.75, 3.05) is 26.2 Å². The third kappa shape index (κ3) is 5.92. The Labute approximate surface area is 144 Å². The van der Waals surface area contributed by atoms with Crippen molar-refractivity contribution in [1.82, 2.24) is 20.5 Å². The molecule has 0 saturated carbocycles. The second-order valence-electron chi connectivity index (χ2n) is 6.71. The number of carbonyl (C=O) groups is 2. The van der Waals surface area contributed by atoms with Gasteiger partial charge in [0.1, 0.15) is 0 Å². The van der Waals surface area contributed by atoms with E-state index in [2.05, 4.69) is 34.4 Å². The molecule has 1 aromatic rings. The molecule has 1 aromatic heterocycles. The molecule has 1 saturated heterocycles. The molecule has 2 heterocycles. The van der Waals surface area contributed by atoms with Crippen molar-refractivity contribution >= 4 is 11.8 Å². The Bertz CT molecular complexity index is 533. The Morgan fingerprint density at radius 2 is 2.33 bits per heavy atom. The van der Waals surface area contributed by atoms with E-state index >= 15 is 0 Å². The Hall–Kier alpha value is -1.95. The number of nitrogens with one attached hydrogen (secondary N) is 2. The Morgan fingerprint density at radius 1 is 1.50 bits per heavy atom. The number of amides is 2. The van der Waals surface area contributed by atoms with E-state index in [4.69, 9.17) is 0 Å². The number of aryl methyl sites for hydroxylation is 1. The molecule has 1 aliphatic rings. The molecular formula is C18H28N4O2. The van der Waals surface area contributed by atoms with Crippen LogP contribution in [0, 0.1) is 5.92 Å². The van der Waals surface area contributed by atoms with Crippen LogP contribution in [0.1, 0.15) is 32.3 Å². The number of hydrogen-bond acceptors (Lipinski definition) is 4. The van der Waals surface area contributed by atoms with E-state index in [1.165, 1.54) is 5.56 Å². The summed E-state index contributed by atoms with van der Waals surface area (Å²) in [6, 6.07) is 3.60. The zero-order chi connectivity index (χ0) is 17.4. The normalized spacial score (nSPS) is 18.5. The van der Waals surface area contributed by atoms with E-state index in [0.717, 1.165) is 25.9 Å². The standard InChI is InChI=1S/C18H28N4O2/c1-14(2)13-22-10-9-21-18(24)16(22)11-17(23)20-8-4-6-15-5-3-7-19-12-15/h3,5,7,12,14,16H,4,6,8-11,13H2,1-2H3,(H,20,23)(H,21,24). The maximum Gasteiger partial charge on any atom is 0.237 e. The number of rotatable bonds is 8. The van der Waals surface area contributed by atoms with Gasteiger partial charge in [0, 0.05) is 38.6 Å². The minimum atomic E-state index is -0.348. The van der Waals surface area contributed by atoms with Crippen molar-refractivity contribution in [1.29, 1.82) is 0 Å². The van der Waals surface area contributed by atoms with Crippen LogP contribution in [0.5, 0.6) is 0 Å². The zero-order valence-electron chi connectivity index (χ0n) is 14.6. The number of carbonyl (C=O) groups excluding carboxylic acids is 2. The molecular weight excluding hydrogens is 304 g/mol. The number of pyridine rings is 1. The predicted molar refractivity (Wildman–Crippen MR) is 93.4 cm³/mol. The highest BCUT2D eigenvalue weighted by atomic mass is 16.2. The first-order valence-corrected chi connectivity index (χ1v) is 8.73. The molecule has 1 fully saturated rings. The molecule has 1 unspecified atom stereocenters. The van der Waals surface area contributed by atoms with Gasteiger partial charge in [0.05, 0.1) is 12.5 Å². The first kappa shape index (κ1) is 18.4. The number of hydrogen-bond donors (Lipinski definition) is 2. The lowest BCUT2D eigenvalue weighted by atomic mass is 10.1. The summed E-state index contributed by atoms with van der Waals surface area (Å²) in [6.45, 7) is 7.18. The summed E-state index contributed by atoms with van der Waals surface area (Å²) in [6.07, 6.45) is 5.58. The second-order valence-corrected chi connectivity index (χ2v) is 6.71. The molecule has 1 aliphatic heterocycles. The van der Waals surface area contributed by atoms with E-state index in [1.54, 1.807) is 6.20 Å². The summed E-state index contributed by atoms with van der Waals surface area (Å²) in [7, 11) is 0. The average molecular weight is 332 g/mol. The van der Waals surface area contributed by atoms with Crippen LogP contribution in [0.2, 0.25) is 0 Å². The lowest BCUT2D eigenvalue weighted by Crippen LogP contribution is -2.57. The summed E-state index contributed by atoms with van der Waals surface area (Å²) in [5, 5.41) is 5.79. The van der Waals surface area contributed by atoms with Crippen LogP contribution in [-0.4, -0.2) is 53.9 Å². The zero-order valence-corrected chi connectivity index (χ0v) is 14.6. The highest BCUT2D eigenvalue weighted by molar-refractivity contribution is 5.88. The fraction of sp³-hybridized carbons (Fsp3) is 0.611. The average Bonchev–Trinajstić information content (AvgIpc) is 2.55. The van der Waals surface area contributed by atoms with Crippen molar-refractivity contribution in [3.8, 4) is 0 Å². The fourth-order valence-corrected chi connectivity index (χ4v) is 2.99. The van der Waals surface area contributed by atoms with Gasteiger partial charge in [0.2, 0.25) is 11.8 Å². The molecule has 6 nitrogen and oxygen atoms in total. The molecule has 24 heavy (non-hydrogen) atoms. The molecule has 0 spiro atoms. The maximum absolute atomic E-state index is 12.2. The summed E-state index contributed by atoms with van der Waals surface area (Å²) in [5.74, 6) is 0.380. The first-order chi connectivity index (χ1) is 11.6. The van der Waals surface area contributed by atoms with Crippen molar-refractivity contribution < 1.29 is 9.59 Å². The van der Waals surface area contributed by atoms with Gasteiger partial charge in [0.25, 0.3) is 0 Å². The predicted octanol–water partition coefficient (Wildman–Crippen LogP) is 0.977. The Balaban J connectivity index is 1.74. The second kappa shape index (κ2) is 9.37. The highest BCUT2D eigenvalue weighted by Gasteiger charge is 2.31. The molecule has 0 bridgehead atoms. The molecule has 132 valence electrons. The van der Waals surface area contributed by atoms with Crippen LogP contribution in [0.4, 0.5) is 0 Å². The van der Waals surface area contributed by atoms with E-state index < -0.39 is 0 Å². The van der Waals surface area contributed by atoms with E-state index in [1.807, 2.05) is 18.3 Å². The van der Waals surface area contributed by atoms with Gasteiger partial charge in [-0.1, -0.05) is 19.9 Å². The minimum Gasteiger partial charge on any atom is -0.356 e. The van der Waals surface area contributed by atoms with Gasteiger partial charge in [-0.2, -0.15) is 0 Å². The lowest BCUT2D eigenvalue weighted by Gasteiger charge is -2.35. The summed E-state index contributed by atoms with van der Waals surface area (Å²) < 4.78 is 0. The first-order valence-electron chi connectivity index (χ1n) is 8.73. The number of piperazine rings is 1. The van der Waals surface area contributed by atoms with Crippen LogP contribution < -0.4 is 10.6 Å². The van der Waals surface area contributed by atoms with Crippen LogP contribution in [0.25, 0.3) is 0 Å². The van der Waals surface area contributed by atoms with Crippen molar-refractivity contribution in [3.05, 3.63) is 30.1 Å². The van der Waals surface area contributed by atoms with Crippen LogP contribution in [0.15, 0.2) is 24.5 Å². The minimum absolute atomic E-state index is 0.0348. The Morgan fingerprint density at radius 3 is 3.04 bits per heavy atom. The van der Waals surface area contributed by atoms with Crippen molar-refractivity contribution in [2.45, 2.75) is 39.2 Å². The van der Waals surface area contributed by atoms with Gasteiger partial charge in [-0.15, -0.1) is 0 Å². The molecule has 0 radical (unpaired) electrons. The SMILES string of the molecule is CC(C)CN1CCNC(=O)C1CC(=O)NCCCc1cccnc1. The van der Waals surface area contributed by atoms with Crippen molar-refractivity contribution in [2.24, 2.45) is 5.92 Å². The third-order valence-electron chi connectivity index (χ3n) is 4.11. The lowest BCUT2D eigenvalue weighted by molar-refractivity contribution is -0.134. The number of nitrogens with zero attached hydrogens (tertiary/aromatic N) is 2. The largest absolute Gasteiger partial charge is 0.356 e. The Kier molecular flexibility index (Phi) is 7.18. The smallest absolute Gasteiger partial charge is 0.237 e. The summed E-state index contributed by atoms with van der Waals surface area (Å²) >= 11 is 0. The molecule has 1 atom stereocenters.